The average molecular weight is 400 g/mol. The summed E-state index contributed by atoms with van der Waals surface area (Å²) in [6.45, 7) is 1.63. The van der Waals surface area contributed by atoms with Gasteiger partial charge in [-0.3, -0.25) is 10.2 Å². The van der Waals surface area contributed by atoms with Gasteiger partial charge in [-0.2, -0.15) is 5.01 Å². The molecule has 1 aliphatic heterocycles. The predicted molar refractivity (Wildman–Crippen MR) is 108 cm³/mol. The van der Waals surface area contributed by atoms with Crippen molar-refractivity contribution >= 4 is 35.0 Å². The molecule has 8 nitrogen and oxygen atoms in total. The largest absolute Gasteiger partial charge is 0.497 e. The fourth-order valence-corrected chi connectivity index (χ4v) is 3.01. The van der Waals surface area contributed by atoms with Gasteiger partial charge in [-0.25, -0.2) is 4.79 Å². The van der Waals surface area contributed by atoms with E-state index in [0.29, 0.717) is 22.7 Å². The topological polar surface area (TPSA) is 91.9 Å². The summed E-state index contributed by atoms with van der Waals surface area (Å²) in [7, 11) is 3.11. The highest BCUT2D eigenvalue weighted by Crippen LogP contribution is 2.30. The molecule has 1 aliphatic rings. The average Bonchev–Trinajstić information content (AvgIpc) is 2.92. The van der Waals surface area contributed by atoms with Gasteiger partial charge in [0.1, 0.15) is 17.0 Å². The van der Waals surface area contributed by atoms with Gasteiger partial charge < -0.3 is 20.1 Å². The standard InChI is InChI=1S/C19H20N4O4S/c1-19(12-5-4-6-15(11-12)27-3)16(24)23(18(25)21-19)22-17(28)20-13-7-9-14(26-2)10-8-13/h4-11H,1-3H3,(H,21,25)(H2,20,22,28)/t19-/m1/s1. The molecule has 1 atom stereocenters. The number of hydrazine groups is 1. The Morgan fingerprint density at radius 1 is 1.07 bits per heavy atom. The molecule has 3 N–H and O–H groups in total. The highest BCUT2D eigenvalue weighted by Gasteiger charge is 2.50. The molecule has 0 aliphatic carbocycles. The van der Waals surface area contributed by atoms with E-state index in [1.165, 1.54) is 7.11 Å². The highest BCUT2D eigenvalue weighted by molar-refractivity contribution is 7.80. The molecule has 2 aromatic carbocycles. The Morgan fingerprint density at radius 3 is 2.39 bits per heavy atom. The molecule has 3 amide bonds. The Bertz CT molecular complexity index is 918. The molecular weight excluding hydrogens is 380 g/mol. The first kappa shape index (κ1) is 19.4. The number of carbonyl (C=O) groups excluding carboxylic acids is 2. The molecule has 3 rings (SSSR count). The lowest BCUT2D eigenvalue weighted by Crippen LogP contribution is -2.49. The van der Waals surface area contributed by atoms with Crippen LogP contribution in [0, 0.1) is 0 Å². The third-order valence-corrected chi connectivity index (χ3v) is 4.59. The second-order valence-electron chi connectivity index (χ2n) is 6.22. The monoisotopic (exact) mass is 400 g/mol. The maximum Gasteiger partial charge on any atom is 0.344 e. The third kappa shape index (κ3) is 3.70. The minimum atomic E-state index is -1.24. The number of methoxy groups -OCH3 is 2. The number of thiocarbonyl (C=S) groups is 1. The van der Waals surface area contributed by atoms with Gasteiger partial charge in [-0.1, -0.05) is 12.1 Å². The predicted octanol–water partition coefficient (Wildman–Crippen LogP) is 2.37. The van der Waals surface area contributed by atoms with Crippen LogP contribution in [-0.2, 0) is 10.3 Å². The van der Waals surface area contributed by atoms with Crippen molar-refractivity contribution in [3.8, 4) is 11.5 Å². The number of benzene rings is 2. The smallest absolute Gasteiger partial charge is 0.344 e. The van der Waals surface area contributed by atoms with Gasteiger partial charge in [0.15, 0.2) is 5.11 Å². The first-order valence-electron chi connectivity index (χ1n) is 8.40. The van der Waals surface area contributed by atoms with Crippen molar-refractivity contribution in [3.05, 3.63) is 54.1 Å². The molecule has 28 heavy (non-hydrogen) atoms. The number of amides is 3. The van der Waals surface area contributed by atoms with Crippen LogP contribution in [0.4, 0.5) is 10.5 Å². The summed E-state index contributed by atoms with van der Waals surface area (Å²) in [6, 6.07) is 13.4. The van der Waals surface area contributed by atoms with Crippen molar-refractivity contribution in [2.45, 2.75) is 12.5 Å². The summed E-state index contributed by atoms with van der Waals surface area (Å²) in [5.74, 6) is 0.807. The third-order valence-electron chi connectivity index (χ3n) is 4.40. The van der Waals surface area contributed by atoms with Gasteiger partial charge in [-0.15, -0.1) is 0 Å². The fraction of sp³-hybridized carbons (Fsp3) is 0.211. The lowest BCUT2D eigenvalue weighted by molar-refractivity contribution is -0.132. The number of ether oxygens (including phenoxy) is 2. The lowest BCUT2D eigenvalue weighted by atomic mass is 9.92. The van der Waals surface area contributed by atoms with E-state index < -0.39 is 17.5 Å². The van der Waals surface area contributed by atoms with Crippen molar-refractivity contribution < 1.29 is 19.1 Å². The molecule has 1 saturated heterocycles. The SMILES string of the molecule is COc1ccc(NC(=S)NN2C(=O)N[C@](C)(c3cccc(OC)c3)C2=O)cc1. The molecule has 0 saturated carbocycles. The molecule has 2 aromatic rings. The van der Waals surface area contributed by atoms with Crippen LogP contribution in [0.15, 0.2) is 48.5 Å². The van der Waals surface area contributed by atoms with Crippen LogP contribution >= 0.6 is 12.2 Å². The minimum Gasteiger partial charge on any atom is -0.497 e. The Labute approximate surface area is 167 Å². The van der Waals surface area contributed by atoms with E-state index in [-0.39, 0.29) is 5.11 Å². The highest BCUT2D eigenvalue weighted by atomic mass is 32.1. The molecule has 0 spiro atoms. The minimum absolute atomic E-state index is 0.101. The Hall–Kier alpha value is -3.33. The van der Waals surface area contributed by atoms with E-state index in [1.54, 1.807) is 62.6 Å². The summed E-state index contributed by atoms with van der Waals surface area (Å²) in [5, 5.41) is 6.57. The van der Waals surface area contributed by atoms with Gasteiger partial charge in [-0.05, 0) is 61.1 Å². The molecular formula is C19H20N4O4S. The van der Waals surface area contributed by atoms with Crippen LogP contribution in [-0.4, -0.2) is 36.3 Å². The number of imide groups is 1. The normalized spacial score (nSPS) is 18.5. The molecule has 0 radical (unpaired) electrons. The van der Waals surface area contributed by atoms with Gasteiger partial charge >= 0.3 is 6.03 Å². The first-order valence-corrected chi connectivity index (χ1v) is 8.81. The summed E-state index contributed by atoms with van der Waals surface area (Å²) >= 11 is 5.22. The number of hydrogen-bond donors (Lipinski definition) is 3. The molecule has 0 unspecified atom stereocenters. The van der Waals surface area contributed by atoms with Crippen molar-refractivity contribution in [1.82, 2.24) is 15.8 Å². The maximum absolute atomic E-state index is 12.9. The summed E-state index contributed by atoms with van der Waals surface area (Å²) in [6.07, 6.45) is 0. The van der Waals surface area contributed by atoms with Crippen LogP contribution in [0.3, 0.4) is 0 Å². The zero-order chi connectivity index (χ0) is 20.3. The number of nitrogens with one attached hydrogen (secondary N) is 3. The van der Waals surface area contributed by atoms with Crippen LogP contribution in [0.25, 0.3) is 0 Å². The summed E-state index contributed by atoms with van der Waals surface area (Å²) < 4.78 is 10.3. The van der Waals surface area contributed by atoms with Crippen LogP contribution in [0.2, 0.25) is 0 Å². The molecule has 0 bridgehead atoms. The second-order valence-corrected chi connectivity index (χ2v) is 6.63. The summed E-state index contributed by atoms with van der Waals surface area (Å²) in [4.78, 5) is 25.3. The van der Waals surface area contributed by atoms with E-state index >= 15 is 0 Å². The number of nitrogens with zero attached hydrogens (tertiary/aromatic N) is 1. The Morgan fingerprint density at radius 2 is 1.75 bits per heavy atom. The lowest BCUT2D eigenvalue weighted by Gasteiger charge is -2.23. The Kier molecular flexibility index (Phi) is 5.36. The molecule has 0 aromatic heterocycles. The number of rotatable bonds is 5. The summed E-state index contributed by atoms with van der Waals surface area (Å²) in [5.41, 5.74) is 2.68. The van der Waals surface area contributed by atoms with Gasteiger partial charge in [0, 0.05) is 5.69 Å². The number of urea groups is 1. The van der Waals surface area contributed by atoms with E-state index in [4.69, 9.17) is 21.7 Å². The molecule has 1 heterocycles. The van der Waals surface area contributed by atoms with E-state index in [9.17, 15) is 9.59 Å². The number of carbonyl (C=O) groups is 2. The fourth-order valence-electron chi connectivity index (χ4n) is 2.81. The van der Waals surface area contributed by atoms with Crippen molar-refractivity contribution in [2.24, 2.45) is 0 Å². The van der Waals surface area contributed by atoms with Gasteiger partial charge in [0.2, 0.25) is 0 Å². The maximum atomic E-state index is 12.9. The molecule has 146 valence electrons. The van der Waals surface area contributed by atoms with E-state index in [1.807, 2.05) is 0 Å². The van der Waals surface area contributed by atoms with Crippen molar-refractivity contribution in [1.29, 1.82) is 0 Å². The van der Waals surface area contributed by atoms with E-state index in [2.05, 4.69) is 16.1 Å². The zero-order valence-corrected chi connectivity index (χ0v) is 16.4. The van der Waals surface area contributed by atoms with Crippen molar-refractivity contribution in [3.63, 3.8) is 0 Å². The number of anilines is 1. The zero-order valence-electron chi connectivity index (χ0n) is 15.6. The van der Waals surface area contributed by atoms with Crippen molar-refractivity contribution in [2.75, 3.05) is 19.5 Å². The van der Waals surface area contributed by atoms with E-state index in [0.717, 1.165) is 5.01 Å². The van der Waals surface area contributed by atoms with Crippen LogP contribution in [0.5, 0.6) is 11.5 Å². The first-order chi connectivity index (χ1) is 13.4. The molecule has 9 heteroatoms. The second kappa shape index (κ2) is 7.73. The molecule has 1 fully saturated rings. The van der Waals surface area contributed by atoms with Gasteiger partial charge in [0.05, 0.1) is 14.2 Å². The van der Waals surface area contributed by atoms with Gasteiger partial charge in [0.25, 0.3) is 5.91 Å². The van der Waals surface area contributed by atoms with Crippen LogP contribution < -0.4 is 25.5 Å². The Balaban J connectivity index is 1.73. The number of hydrogen-bond acceptors (Lipinski definition) is 5. The van der Waals surface area contributed by atoms with Crippen LogP contribution in [0.1, 0.15) is 12.5 Å². The quantitative estimate of drug-likeness (QED) is 0.524.